The zero-order chi connectivity index (χ0) is 33.0. The van der Waals surface area contributed by atoms with E-state index >= 15 is 0 Å². The van der Waals surface area contributed by atoms with Crippen molar-refractivity contribution in [3.63, 3.8) is 0 Å². The highest BCUT2D eigenvalue weighted by Crippen LogP contribution is 2.47. The van der Waals surface area contributed by atoms with Gasteiger partial charge in [-0.2, -0.15) is 8.42 Å². The molecule has 2 heterocycles. The molecule has 0 bridgehead atoms. The first kappa shape index (κ1) is 32.8. The van der Waals surface area contributed by atoms with Crippen molar-refractivity contribution >= 4 is 27.4 Å². The van der Waals surface area contributed by atoms with Crippen LogP contribution in [0.2, 0.25) is 0 Å². The number of hydrogen-bond acceptors (Lipinski definition) is 7. The molecule has 4 aromatic rings. The minimum atomic E-state index is -4.00. The van der Waals surface area contributed by atoms with Crippen LogP contribution in [0.1, 0.15) is 62.6 Å². The van der Waals surface area contributed by atoms with Crippen LogP contribution in [0.3, 0.4) is 0 Å². The van der Waals surface area contributed by atoms with Gasteiger partial charge < -0.3 is 15.6 Å². The van der Waals surface area contributed by atoms with E-state index in [-0.39, 0.29) is 22.8 Å². The molecule has 1 aromatic heterocycles. The quantitative estimate of drug-likeness (QED) is 0.146. The Hall–Kier alpha value is -4.63. The summed E-state index contributed by atoms with van der Waals surface area (Å²) in [4.78, 5) is 18.0. The zero-order valence-electron chi connectivity index (χ0n) is 26.4. The molecule has 0 saturated carbocycles. The summed E-state index contributed by atoms with van der Waals surface area (Å²) in [6.07, 6.45) is 3.98. The van der Waals surface area contributed by atoms with Gasteiger partial charge in [0.15, 0.2) is 5.03 Å². The number of nitrogen functional groups attached to an aromatic ring is 1. The SMILES string of the molecule is CC(C)(C)C(C1=C(O)CC(CCc2ccccc2)(CCc2ccccc2)OC1=O)c1cccc(NS(=O)(=O)c2ccc(N)cn2)c1. The summed E-state index contributed by atoms with van der Waals surface area (Å²) in [5, 5.41) is 11.6. The number of ether oxygens (including phenoxy) is 1. The number of aliphatic hydroxyl groups is 1. The number of hydrogen-bond donors (Lipinski definition) is 3. The van der Waals surface area contributed by atoms with Gasteiger partial charge in [-0.15, -0.1) is 0 Å². The highest BCUT2D eigenvalue weighted by Gasteiger charge is 2.46. The van der Waals surface area contributed by atoms with Gasteiger partial charge in [-0.1, -0.05) is 93.6 Å². The lowest BCUT2D eigenvalue weighted by Crippen LogP contribution is -2.43. The summed E-state index contributed by atoms with van der Waals surface area (Å²) in [5.41, 5.74) is 8.03. The number of aryl methyl sites for hydroxylation is 2. The lowest BCUT2D eigenvalue weighted by molar-refractivity contribution is -0.161. The van der Waals surface area contributed by atoms with Gasteiger partial charge in [0.25, 0.3) is 10.0 Å². The van der Waals surface area contributed by atoms with Gasteiger partial charge in [-0.05, 0) is 72.1 Å². The molecule has 1 aliphatic heterocycles. The maximum Gasteiger partial charge on any atom is 0.338 e. The zero-order valence-corrected chi connectivity index (χ0v) is 27.3. The largest absolute Gasteiger partial charge is 0.512 e. The second kappa shape index (κ2) is 13.4. The van der Waals surface area contributed by atoms with Crippen LogP contribution in [-0.4, -0.2) is 30.1 Å². The number of carbonyl (C=O) groups is 1. The van der Waals surface area contributed by atoms with Gasteiger partial charge in [0.2, 0.25) is 0 Å². The predicted octanol–water partition coefficient (Wildman–Crippen LogP) is 7.36. The van der Waals surface area contributed by atoms with Gasteiger partial charge in [-0.25, -0.2) is 9.78 Å². The second-order valence-electron chi connectivity index (χ2n) is 13.0. The molecule has 0 amide bonds. The number of nitrogens with two attached hydrogens (primary N) is 1. The number of nitrogens with zero attached hydrogens (tertiary/aromatic N) is 1. The summed E-state index contributed by atoms with van der Waals surface area (Å²) in [7, 11) is -4.00. The Labute approximate surface area is 271 Å². The number of anilines is 2. The van der Waals surface area contributed by atoms with E-state index in [1.807, 2.05) is 63.2 Å². The molecule has 9 heteroatoms. The van der Waals surface area contributed by atoms with E-state index in [0.29, 0.717) is 42.6 Å². The van der Waals surface area contributed by atoms with E-state index < -0.39 is 32.9 Å². The van der Waals surface area contributed by atoms with Crippen LogP contribution in [0.25, 0.3) is 0 Å². The van der Waals surface area contributed by atoms with Crippen molar-refractivity contribution in [3.8, 4) is 0 Å². The number of aromatic nitrogens is 1. The average Bonchev–Trinajstić information content (AvgIpc) is 3.01. The fraction of sp³-hybridized carbons (Fsp3) is 0.297. The topological polar surface area (TPSA) is 132 Å². The van der Waals surface area contributed by atoms with Crippen LogP contribution < -0.4 is 10.5 Å². The van der Waals surface area contributed by atoms with Gasteiger partial charge in [0.05, 0.1) is 17.5 Å². The van der Waals surface area contributed by atoms with Crippen molar-refractivity contribution in [1.29, 1.82) is 0 Å². The fourth-order valence-electron chi connectivity index (χ4n) is 6.17. The number of nitrogens with one attached hydrogen (secondary N) is 1. The Morgan fingerprint density at radius 1 is 0.913 bits per heavy atom. The monoisotopic (exact) mass is 639 g/mol. The molecule has 240 valence electrons. The molecule has 0 aliphatic carbocycles. The van der Waals surface area contributed by atoms with E-state index in [9.17, 15) is 18.3 Å². The van der Waals surface area contributed by atoms with Crippen molar-refractivity contribution < 1.29 is 23.1 Å². The Kier molecular flexibility index (Phi) is 9.53. The van der Waals surface area contributed by atoms with Gasteiger partial charge in [0, 0.05) is 18.0 Å². The maximum atomic E-state index is 14.1. The third kappa shape index (κ3) is 7.77. The van der Waals surface area contributed by atoms with Crippen molar-refractivity contribution in [2.24, 2.45) is 5.41 Å². The minimum absolute atomic E-state index is 0.00866. The molecule has 0 saturated heterocycles. The Morgan fingerprint density at radius 2 is 1.52 bits per heavy atom. The van der Waals surface area contributed by atoms with E-state index in [2.05, 4.69) is 34.0 Å². The lowest BCUT2D eigenvalue weighted by Gasteiger charge is -2.41. The Morgan fingerprint density at radius 3 is 2.04 bits per heavy atom. The standard InChI is InChI=1S/C37H41N3O5S/c1-36(2,3)34(28-15-10-16-30(23-28)40-46(43,44)32-18-17-29(38)25-39-32)33-31(41)24-37(45-35(33)42,21-19-26-11-6-4-7-12-26)22-20-27-13-8-5-9-14-27/h4-18,23,25,34,40-41H,19-22,24,38H2,1-3H3. The third-order valence-electron chi connectivity index (χ3n) is 8.42. The summed E-state index contributed by atoms with van der Waals surface area (Å²) in [6.45, 7) is 5.94. The molecule has 1 atom stereocenters. The summed E-state index contributed by atoms with van der Waals surface area (Å²) in [6, 6.07) is 29.8. The first-order chi connectivity index (χ1) is 21.9. The molecule has 0 fully saturated rings. The van der Waals surface area contributed by atoms with Crippen molar-refractivity contribution in [2.45, 2.75) is 69.4 Å². The number of sulfonamides is 1. The number of pyridine rings is 1. The normalized spacial score (nSPS) is 15.7. The van der Waals surface area contributed by atoms with Crippen molar-refractivity contribution in [1.82, 2.24) is 4.98 Å². The second-order valence-corrected chi connectivity index (χ2v) is 14.7. The molecule has 1 unspecified atom stereocenters. The van der Waals surface area contributed by atoms with Crippen LogP contribution in [0.4, 0.5) is 11.4 Å². The van der Waals surface area contributed by atoms with Crippen LogP contribution in [0.15, 0.2) is 120 Å². The van der Waals surface area contributed by atoms with Crippen LogP contribution in [-0.2, 0) is 32.4 Å². The number of benzene rings is 3. The molecule has 0 spiro atoms. The molecule has 8 nitrogen and oxygen atoms in total. The van der Waals surface area contributed by atoms with Crippen molar-refractivity contribution in [3.05, 3.63) is 131 Å². The van der Waals surface area contributed by atoms with Gasteiger partial charge in [0.1, 0.15) is 11.4 Å². The molecule has 1 aliphatic rings. The first-order valence-corrected chi connectivity index (χ1v) is 16.9. The van der Waals surface area contributed by atoms with E-state index in [0.717, 1.165) is 11.1 Å². The minimum Gasteiger partial charge on any atom is -0.512 e. The molecule has 3 aromatic carbocycles. The number of rotatable bonds is 11. The predicted molar refractivity (Wildman–Crippen MR) is 181 cm³/mol. The number of aliphatic hydroxyl groups excluding tert-OH is 1. The third-order valence-corrected chi connectivity index (χ3v) is 9.71. The first-order valence-electron chi connectivity index (χ1n) is 15.4. The Balaban J connectivity index is 1.47. The van der Waals surface area contributed by atoms with E-state index in [1.54, 1.807) is 18.2 Å². The van der Waals surface area contributed by atoms with Crippen LogP contribution in [0.5, 0.6) is 0 Å². The van der Waals surface area contributed by atoms with Crippen LogP contribution in [0, 0.1) is 5.41 Å². The molecule has 5 rings (SSSR count). The van der Waals surface area contributed by atoms with Crippen LogP contribution >= 0.6 is 0 Å². The van der Waals surface area contributed by atoms with Gasteiger partial charge >= 0.3 is 5.97 Å². The molecular formula is C37H41N3O5S. The van der Waals surface area contributed by atoms with E-state index in [1.165, 1.54) is 18.3 Å². The fourth-order valence-corrected chi connectivity index (χ4v) is 7.15. The summed E-state index contributed by atoms with van der Waals surface area (Å²) in [5.74, 6) is -1.13. The van der Waals surface area contributed by atoms with Crippen molar-refractivity contribution in [2.75, 3.05) is 10.5 Å². The summed E-state index contributed by atoms with van der Waals surface area (Å²) >= 11 is 0. The summed E-state index contributed by atoms with van der Waals surface area (Å²) < 4.78 is 35.1. The molecule has 4 N–H and O–H groups in total. The Bertz CT molecular complexity index is 1760. The number of cyclic esters (lactones) is 1. The molecular weight excluding hydrogens is 598 g/mol. The highest BCUT2D eigenvalue weighted by molar-refractivity contribution is 7.92. The average molecular weight is 640 g/mol. The number of esters is 1. The number of carbonyl (C=O) groups excluding carboxylic acids is 1. The molecule has 0 radical (unpaired) electrons. The highest BCUT2D eigenvalue weighted by atomic mass is 32.2. The molecule has 46 heavy (non-hydrogen) atoms. The van der Waals surface area contributed by atoms with Gasteiger partial charge in [-0.3, -0.25) is 4.72 Å². The lowest BCUT2D eigenvalue weighted by atomic mass is 9.70. The maximum absolute atomic E-state index is 14.1. The smallest absolute Gasteiger partial charge is 0.338 e. The van der Waals surface area contributed by atoms with E-state index in [4.69, 9.17) is 10.5 Å².